The van der Waals surface area contributed by atoms with E-state index < -0.39 is 28.6 Å². The third-order valence-electron chi connectivity index (χ3n) is 7.23. The second-order valence-corrected chi connectivity index (χ2v) is 10.2. The number of hydrogen-bond acceptors (Lipinski definition) is 6. The second kappa shape index (κ2) is 8.91. The van der Waals surface area contributed by atoms with Crippen molar-refractivity contribution in [1.82, 2.24) is 15.2 Å². The van der Waals surface area contributed by atoms with Crippen molar-refractivity contribution in [2.75, 3.05) is 20.2 Å². The fourth-order valence-corrected chi connectivity index (χ4v) is 4.72. The molecule has 3 heterocycles. The van der Waals surface area contributed by atoms with Crippen LogP contribution in [0.5, 0.6) is 5.75 Å². The first-order valence-corrected chi connectivity index (χ1v) is 12.0. The highest BCUT2D eigenvalue weighted by Crippen LogP contribution is 2.45. The predicted octanol–water partition coefficient (Wildman–Crippen LogP) is 2.25. The average Bonchev–Trinajstić information content (AvgIpc) is 3.39. The first-order chi connectivity index (χ1) is 17.9. The van der Waals surface area contributed by atoms with Crippen LogP contribution in [-0.2, 0) is 22.4 Å². The fourth-order valence-electron chi connectivity index (χ4n) is 4.72. The van der Waals surface area contributed by atoms with Gasteiger partial charge in [-0.3, -0.25) is 14.4 Å². The molecule has 0 saturated carbocycles. The Labute approximate surface area is 218 Å². The lowest BCUT2D eigenvalue weighted by molar-refractivity contribution is -0.123. The highest BCUT2D eigenvalue weighted by atomic mass is 19.1. The summed E-state index contributed by atoms with van der Waals surface area (Å²) in [7, 11) is 1.69. The molecule has 4 N–H and O–H groups in total. The first kappa shape index (κ1) is 25.3. The highest BCUT2D eigenvalue weighted by molar-refractivity contribution is 6.01. The Kier molecular flexibility index (Phi) is 5.94. The minimum absolute atomic E-state index is 0.00804. The van der Waals surface area contributed by atoms with Crippen LogP contribution in [-0.4, -0.2) is 52.9 Å². The van der Waals surface area contributed by atoms with Crippen molar-refractivity contribution in [2.24, 2.45) is 5.73 Å². The molecule has 0 bridgehead atoms. The van der Waals surface area contributed by atoms with Gasteiger partial charge in [-0.15, -0.1) is 0 Å². The molecule has 3 aromatic rings. The van der Waals surface area contributed by atoms with E-state index in [4.69, 9.17) is 10.5 Å². The molecule has 3 amide bonds. The summed E-state index contributed by atoms with van der Waals surface area (Å²) in [5, 5.41) is 14.1. The molecular weight excluding hydrogens is 491 g/mol. The van der Waals surface area contributed by atoms with Crippen LogP contribution in [0.2, 0.25) is 0 Å². The maximum absolute atomic E-state index is 13.6. The molecule has 2 aromatic carbocycles. The topological polar surface area (TPSA) is 135 Å². The number of nitrogens with two attached hydrogens (primary N) is 1. The summed E-state index contributed by atoms with van der Waals surface area (Å²) >= 11 is 0. The van der Waals surface area contributed by atoms with E-state index in [1.54, 1.807) is 43.1 Å². The molecule has 0 unspecified atom stereocenters. The molecule has 0 radical (unpaired) electrons. The van der Waals surface area contributed by atoms with Gasteiger partial charge in [-0.25, -0.2) is 9.37 Å². The number of ether oxygens (including phenoxy) is 1. The lowest BCUT2D eigenvalue weighted by atomic mass is 9.82. The Hall–Kier alpha value is -4.31. The summed E-state index contributed by atoms with van der Waals surface area (Å²) in [5.74, 6) is -1.23. The molecule has 9 nitrogen and oxygen atoms in total. The number of nitrogens with one attached hydrogen (secondary N) is 1. The number of rotatable bonds is 6. The van der Waals surface area contributed by atoms with Gasteiger partial charge in [0.2, 0.25) is 5.91 Å². The summed E-state index contributed by atoms with van der Waals surface area (Å²) in [4.78, 5) is 43.6. The number of carbonyl (C=O) groups excluding carboxylic acids is 3. The van der Waals surface area contributed by atoms with E-state index in [0.717, 1.165) is 5.56 Å². The summed E-state index contributed by atoms with van der Waals surface area (Å²) in [6, 6.07) is 12.0. The maximum Gasteiger partial charge on any atom is 0.254 e. The molecular formula is C28H27FN4O5. The maximum atomic E-state index is 13.6. The van der Waals surface area contributed by atoms with E-state index in [2.05, 4.69) is 10.3 Å². The number of nitrogens with zero attached hydrogens (tertiary/aromatic N) is 2. The van der Waals surface area contributed by atoms with E-state index >= 15 is 0 Å². The summed E-state index contributed by atoms with van der Waals surface area (Å²) in [6.07, 6.45) is 0. The van der Waals surface area contributed by atoms with Gasteiger partial charge < -0.3 is 25.8 Å². The van der Waals surface area contributed by atoms with Gasteiger partial charge in [0.25, 0.3) is 11.8 Å². The number of benzene rings is 2. The minimum atomic E-state index is -1.66. The largest absolute Gasteiger partial charge is 0.489 e. The molecule has 38 heavy (non-hydrogen) atoms. The van der Waals surface area contributed by atoms with Crippen molar-refractivity contribution in [2.45, 2.75) is 31.4 Å². The van der Waals surface area contributed by atoms with Gasteiger partial charge in [0, 0.05) is 35.8 Å². The van der Waals surface area contributed by atoms with Gasteiger partial charge in [-0.2, -0.15) is 0 Å². The lowest BCUT2D eigenvalue weighted by Crippen LogP contribution is -2.41. The van der Waals surface area contributed by atoms with Crippen molar-refractivity contribution >= 4 is 17.7 Å². The van der Waals surface area contributed by atoms with Crippen molar-refractivity contribution in [3.05, 3.63) is 82.3 Å². The zero-order valence-electron chi connectivity index (χ0n) is 21.2. The zero-order valence-corrected chi connectivity index (χ0v) is 21.2. The lowest BCUT2D eigenvalue weighted by Gasteiger charge is -2.26. The van der Waals surface area contributed by atoms with Gasteiger partial charge in [0.15, 0.2) is 0 Å². The highest BCUT2D eigenvalue weighted by Gasteiger charge is 2.45. The van der Waals surface area contributed by atoms with E-state index in [1.807, 2.05) is 0 Å². The van der Waals surface area contributed by atoms with Crippen LogP contribution in [0.25, 0.3) is 11.3 Å². The Morgan fingerprint density at radius 2 is 1.95 bits per heavy atom. The zero-order chi connectivity index (χ0) is 27.4. The number of carbonyl (C=O) groups is 3. The standard InChI is InChI=1S/C28H27FN4O5/c1-27(26(30)36)14-38-23-20(27)11-21(32-22(23)15-4-7-18(29)8-5-15)28(2,37)13-31-24(34)16-6-9-19-17(10-16)12-33(3)25(19)35/h4-11,37H,12-14H2,1-3H3,(H2,30,36)(H,31,34)/t27-,28-/m0/s1. The predicted molar refractivity (Wildman–Crippen MR) is 136 cm³/mol. The molecule has 0 aliphatic carbocycles. The van der Waals surface area contributed by atoms with E-state index in [9.17, 15) is 23.9 Å². The van der Waals surface area contributed by atoms with Gasteiger partial charge in [0.05, 0.1) is 12.2 Å². The molecule has 10 heteroatoms. The van der Waals surface area contributed by atoms with E-state index in [1.165, 1.54) is 31.2 Å². The Morgan fingerprint density at radius 1 is 1.24 bits per heavy atom. The number of pyridine rings is 1. The minimum Gasteiger partial charge on any atom is -0.489 e. The Bertz CT molecular complexity index is 1490. The number of amides is 3. The Morgan fingerprint density at radius 3 is 2.63 bits per heavy atom. The number of fused-ring (bicyclic) bond motifs is 2. The van der Waals surface area contributed by atoms with Crippen LogP contribution in [0.4, 0.5) is 4.39 Å². The van der Waals surface area contributed by atoms with Gasteiger partial charge in [-0.1, -0.05) is 0 Å². The number of hydrogen-bond donors (Lipinski definition) is 3. The molecule has 1 aromatic heterocycles. The second-order valence-electron chi connectivity index (χ2n) is 10.2. The quantitative estimate of drug-likeness (QED) is 0.458. The van der Waals surface area contributed by atoms with Crippen LogP contribution in [0.3, 0.4) is 0 Å². The molecule has 0 spiro atoms. The van der Waals surface area contributed by atoms with Crippen molar-refractivity contribution in [3.63, 3.8) is 0 Å². The summed E-state index contributed by atoms with van der Waals surface area (Å²) < 4.78 is 19.4. The van der Waals surface area contributed by atoms with Gasteiger partial charge in [0.1, 0.15) is 34.9 Å². The molecule has 2 aliphatic heterocycles. The average molecular weight is 519 g/mol. The third kappa shape index (κ3) is 4.16. The van der Waals surface area contributed by atoms with Crippen LogP contribution in [0, 0.1) is 5.82 Å². The summed E-state index contributed by atoms with van der Waals surface area (Å²) in [6.45, 7) is 3.34. The number of aliphatic hydroxyl groups is 1. The molecule has 2 aliphatic rings. The van der Waals surface area contributed by atoms with Crippen molar-refractivity contribution in [1.29, 1.82) is 0 Å². The molecule has 0 saturated heterocycles. The number of primary amides is 1. The third-order valence-corrected chi connectivity index (χ3v) is 7.23. The smallest absolute Gasteiger partial charge is 0.254 e. The SMILES string of the molecule is CN1Cc2cc(C(=O)NC[C@](C)(O)c3cc4c(c(-c5ccc(F)cc5)n3)OC[C@]4(C)C(N)=O)ccc2C1=O. The Balaban J connectivity index is 1.46. The summed E-state index contributed by atoms with van der Waals surface area (Å²) in [5.41, 5.74) is 6.01. The van der Waals surface area contributed by atoms with Gasteiger partial charge in [-0.05, 0) is 67.9 Å². The molecule has 2 atom stereocenters. The van der Waals surface area contributed by atoms with Crippen LogP contribution in [0.15, 0.2) is 48.5 Å². The van der Waals surface area contributed by atoms with Crippen LogP contribution >= 0.6 is 0 Å². The number of halogens is 1. The molecule has 0 fully saturated rings. The van der Waals surface area contributed by atoms with E-state index in [-0.39, 0.29) is 24.8 Å². The van der Waals surface area contributed by atoms with Crippen LogP contribution < -0.4 is 15.8 Å². The molecule has 5 rings (SSSR count). The molecule has 196 valence electrons. The monoisotopic (exact) mass is 518 g/mol. The number of aromatic nitrogens is 1. The fraction of sp³-hybridized carbons (Fsp3) is 0.286. The van der Waals surface area contributed by atoms with Crippen molar-refractivity contribution < 1.29 is 28.6 Å². The van der Waals surface area contributed by atoms with Gasteiger partial charge >= 0.3 is 0 Å². The first-order valence-electron chi connectivity index (χ1n) is 12.0. The normalized spacial score (nSPS) is 19.4. The van der Waals surface area contributed by atoms with Crippen LogP contribution in [0.1, 0.15) is 51.4 Å². The van der Waals surface area contributed by atoms with Crippen molar-refractivity contribution in [3.8, 4) is 17.0 Å². The van der Waals surface area contributed by atoms with E-state index in [0.29, 0.717) is 40.2 Å².